The maximum absolute atomic E-state index is 11.0. The Hall–Kier alpha value is -2.73. The molecule has 3 rings (SSSR count). The van der Waals surface area contributed by atoms with Crippen LogP contribution in [0.5, 0.6) is 0 Å². The van der Waals surface area contributed by atoms with Crippen LogP contribution in [-0.4, -0.2) is 32.6 Å². The standard InChI is InChI=1S/C16H14N4O2.ClH/c21-16(22)12-1-2-13-14(9-12)19-10-20-15(13)18-8-5-11-3-6-17-7-4-11;/h1-4,6-7,9-10H,5,8H2,(H,21,22)(H,18,19,20);1H. The monoisotopic (exact) mass is 330 g/mol. The third-order valence-electron chi connectivity index (χ3n) is 3.34. The molecule has 0 fully saturated rings. The highest BCUT2D eigenvalue weighted by molar-refractivity contribution is 5.96. The van der Waals surface area contributed by atoms with Gasteiger partial charge in [-0.25, -0.2) is 14.8 Å². The smallest absolute Gasteiger partial charge is 0.335 e. The maximum atomic E-state index is 11.0. The molecule has 0 saturated carbocycles. The Balaban J connectivity index is 0.00000192. The van der Waals surface area contributed by atoms with Crippen molar-refractivity contribution in [1.29, 1.82) is 0 Å². The fourth-order valence-electron chi connectivity index (χ4n) is 2.21. The van der Waals surface area contributed by atoms with E-state index in [1.807, 2.05) is 12.1 Å². The van der Waals surface area contributed by atoms with Crippen LogP contribution in [0.2, 0.25) is 0 Å². The number of carbonyl (C=O) groups is 1. The molecule has 2 N–H and O–H groups in total. The fraction of sp³-hybridized carbons (Fsp3) is 0.125. The first kappa shape index (κ1) is 16.6. The Morgan fingerprint density at radius 1 is 1.13 bits per heavy atom. The number of benzene rings is 1. The summed E-state index contributed by atoms with van der Waals surface area (Å²) in [7, 11) is 0. The predicted molar refractivity (Wildman–Crippen MR) is 90.2 cm³/mol. The van der Waals surface area contributed by atoms with Crippen molar-refractivity contribution in [1.82, 2.24) is 15.0 Å². The van der Waals surface area contributed by atoms with Crippen LogP contribution in [0, 0.1) is 0 Å². The zero-order valence-corrected chi connectivity index (χ0v) is 13.0. The van der Waals surface area contributed by atoms with Gasteiger partial charge >= 0.3 is 5.97 Å². The van der Waals surface area contributed by atoms with E-state index >= 15 is 0 Å². The van der Waals surface area contributed by atoms with Crippen LogP contribution >= 0.6 is 12.4 Å². The van der Waals surface area contributed by atoms with E-state index in [0.29, 0.717) is 11.3 Å². The molecule has 0 atom stereocenters. The van der Waals surface area contributed by atoms with Crippen LogP contribution in [0.25, 0.3) is 10.9 Å². The average Bonchev–Trinajstić information content (AvgIpc) is 2.55. The van der Waals surface area contributed by atoms with Crippen molar-refractivity contribution in [2.24, 2.45) is 0 Å². The second-order valence-corrected chi connectivity index (χ2v) is 4.79. The molecule has 1 aromatic carbocycles. The van der Waals surface area contributed by atoms with E-state index in [0.717, 1.165) is 18.4 Å². The molecule has 3 aromatic rings. The molecule has 2 aromatic heterocycles. The molecule has 0 aliphatic heterocycles. The van der Waals surface area contributed by atoms with E-state index in [2.05, 4.69) is 20.3 Å². The summed E-state index contributed by atoms with van der Waals surface area (Å²) in [6.45, 7) is 0.719. The quantitative estimate of drug-likeness (QED) is 0.748. The Labute approximate surface area is 139 Å². The molecule has 2 heterocycles. The van der Waals surface area contributed by atoms with Gasteiger partial charge in [0.25, 0.3) is 0 Å². The highest BCUT2D eigenvalue weighted by Crippen LogP contribution is 2.20. The number of aromatic nitrogens is 3. The lowest BCUT2D eigenvalue weighted by molar-refractivity contribution is 0.0697. The van der Waals surface area contributed by atoms with Crippen molar-refractivity contribution in [3.63, 3.8) is 0 Å². The van der Waals surface area contributed by atoms with E-state index in [-0.39, 0.29) is 18.0 Å². The van der Waals surface area contributed by atoms with Crippen LogP contribution in [0.4, 0.5) is 5.82 Å². The molecule has 0 aliphatic carbocycles. The Morgan fingerprint density at radius 2 is 1.91 bits per heavy atom. The van der Waals surface area contributed by atoms with Gasteiger partial charge in [-0.3, -0.25) is 4.98 Å². The average molecular weight is 331 g/mol. The number of anilines is 1. The molecule has 23 heavy (non-hydrogen) atoms. The molecule has 0 unspecified atom stereocenters. The van der Waals surface area contributed by atoms with Crippen molar-refractivity contribution in [2.75, 3.05) is 11.9 Å². The SMILES string of the molecule is Cl.O=C(O)c1ccc2c(NCCc3ccncc3)ncnc2c1. The minimum Gasteiger partial charge on any atom is -0.478 e. The molecule has 0 radical (unpaired) electrons. The number of rotatable bonds is 5. The zero-order valence-electron chi connectivity index (χ0n) is 12.1. The van der Waals surface area contributed by atoms with Crippen molar-refractivity contribution in [3.8, 4) is 0 Å². The Bertz CT molecular complexity index is 812. The summed E-state index contributed by atoms with van der Waals surface area (Å²) in [5.74, 6) is -0.260. The number of halogens is 1. The molecule has 0 spiro atoms. The van der Waals surface area contributed by atoms with Crippen molar-refractivity contribution in [3.05, 3.63) is 60.2 Å². The van der Waals surface area contributed by atoms with Crippen LogP contribution in [-0.2, 0) is 6.42 Å². The van der Waals surface area contributed by atoms with Gasteiger partial charge in [-0.05, 0) is 42.3 Å². The lowest BCUT2D eigenvalue weighted by atomic mass is 10.1. The lowest BCUT2D eigenvalue weighted by Gasteiger charge is -2.08. The number of nitrogens with zero attached hydrogens (tertiary/aromatic N) is 3. The number of nitrogens with one attached hydrogen (secondary N) is 1. The first-order valence-electron chi connectivity index (χ1n) is 6.85. The third kappa shape index (κ3) is 3.92. The lowest BCUT2D eigenvalue weighted by Crippen LogP contribution is -2.07. The molecule has 0 saturated heterocycles. The summed E-state index contributed by atoms with van der Waals surface area (Å²) < 4.78 is 0. The highest BCUT2D eigenvalue weighted by Gasteiger charge is 2.07. The van der Waals surface area contributed by atoms with Crippen LogP contribution in [0.1, 0.15) is 15.9 Å². The number of hydrogen-bond donors (Lipinski definition) is 2. The molecular weight excluding hydrogens is 316 g/mol. The van der Waals surface area contributed by atoms with E-state index < -0.39 is 5.97 Å². The van der Waals surface area contributed by atoms with Gasteiger partial charge in [-0.1, -0.05) is 0 Å². The van der Waals surface area contributed by atoms with Gasteiger partial charge in [0.15, 0.2) is 0 Å². The van der Waals surface area contributed by atoms with Gasteiger partial charge in [-0.2, -0.15) is 0 Å². The zero-order chi connectivity index (χ0) is 15.4. The minimum atomic E-state index is -0.965. The van der Waals surface area contributed by atoms with E-state index in [1.54, 1.807) is 30.6 Å². The van der Waals surface area contributed by atoms with E-state index in [1.165, 1.54) is 11.9 Å². The molecule has 7 heteroatoms. The first-order chi connectivity index (χ1) is 10.7. The van der Waals surface area contributed by atoms with E-state index in [9.17, 15) is 4.79 Å². The summed E-state index contributed by atoms with van der Waals surface area (Å²) in [5.41, 5.74) is 2.02. The largest absolute Gasteiger partial charge is 0.478 e. The van der Waals surface area contributed by atoms with Crippen molar-refractivity contribution in [2.45, 2.75) is 6.42 Å². The van der Waals surface area contributed by atoms with Crippen LogP contribution < -0.4 is 5.32 Å². The topological polar surface area (TPSA) is 88.0 Å². The van der Waals surface area contributed by atoms with Gasteiger partial charge in [-0.15, -0.1) is 12.4 Å². The maximum Gasteiger partial charge on any atom is 0.335 e. The van der Waals surface area contributed by atoms with Crippen molar-refractivity contribution >= 4 is 35.1 Å². The van der Waals surface area contributed by atoms with Crippen molar-refractivity contribution < 1.29 is 9.90 Å². The molecule has 0 bridgehead atoms. The highest BCUT2D eigenvalue weighted by atomic mass is 35.5. The summed E-state index contributed by atoms with van der Waals surface area (Å²) in [6.07, 6.45) is 5.82. The normalized spacial score (nSPS) is 10.1. The van der Waals surface area contributed by atoms with E-state index in [4.69, 9.17) is 5.11 Å². The van der Waals surface area contributed by atoms with Gasteiger partial charge in [0.2, 0.25) is 0 Å². The number of aromatic carboxylic acids is 1. The molecule has 0 aliphatic rings. The molecule has 6 nitrogen and oxygen atoms in total. The number of fused-ring (bicyclic) bond motifs is 1. The summed E-state index contributed by atoms with van der Waals surface area (Å²) in [6, 6.07) is 8.78. The van der Waals surface area contributed by atoms with Crippen LogP contribution in [0.3, 0.4) is 0 Å². The Kier molecular flexibility index (Phi) is 5.43. The Morgan fingerprint density at radius 3 is 2.65 bits per heavy atom. The van der Waals surface area contributed by atoms with Gasteiger partial charge in [0, 0.05) is 24.3 Å². The first-order valence-corrected chi connectivity index (χ1v) is 6.85. The van der Waals surface area contributed by atoms with Gasteiger partial charge in [0.05, 0.1) is 11.1 Å². The molecular formula is C16H15ClN4O2. The number of hydrogen-bond acceptors (Lipinski definition) is 5. The third-order valence-corrected chi connectivity index (χ3v) is 3.34. The number of pyridine rings is 1. The second-order valence-electron chi connectivity index (χ2n) is 4.79. The predicted octanol–water partition coefficient (Wildman–Crippen LogP) is 2.80. The van der Waals surface area contributed by atoms with Crippen LogP contribution in [0.15, 0.2) is 49.1 Å². The fourth-order valence-corrected chi connectivity index (χ4v) is 2.21. The second kappa shape index (κ2) is 7.51. The van der Waals surface area contributed by atoms with Gasteiger partial charge in [0.1, 0.15) is 12.1 Å². The number of carboxylic acid groups (broad SMARTS) is 1. The summed E-state index contributed by atoms with van der Waals surface area (Å²) in [4.78, 5) is 23.3. The summed E-state index contributed by atoms with van der Waals surface area (Å²) >= 11 is 0. The van der Waals surface area contributed by atoms with Gasteiger partial charge < -0.3 is 10.4 Å². The minimum absolute atomic E-state index is 0. The molecule has 118 valence electrons. The number of carboxylic acids is 1. The summed E-state index contributed by atoms with van der Waals surface area (Å²) in [5, 5.41) is 13.1. The molecule has 0 amide bonds.